The third kappa shape index (κ3) is 2.15. The van der Waals surface area contributed by atoms with E-state index in [1.807, 2.05) is 6.92 Å². The zero-order chi connectivity index (χ0) is 14.1. The molecule has 0 aliphatic heterocycles. The first-order valence-electron chi connectivity index (χ1n) is 6.86. The summed E-state index contributed by atoms with van der Waals surface area (Å²) < 4.78 is 29.3. The molecule has 6 heteroatoms. The largest absolute Gasteiger partial charge is 0.368 e. The van der Waals surface area contributed by atoms with Crippen molar-refractivity contribution >= 4 is 5.82 Å². The lowest BCUT2D eigenvalue weighted by atomic mass is 10.0. The van der Waals surface area contributed by atoms with Gasteiger partial charge in [-0.15, -0.1) is 0 Å². The first kappa shape index (κ1) is 13.0. The Kier molecular flexibility index (Phi) is 3.38. The van der Waals surface area contributed by atoms with Gasteiger partial charge >= 0.3 is 0 Å². The van der Waals surface area contributed by atoms with E-state index in [9.17, 15) is 8.78 Å². The van der Waals surface area contributed by atoms with Crippen molar-refractivity contribution in [1.29, 1.82) is 0 Å². The number of pyridine rings is 1. The van der Waals surface area contributed by atoms with Crippen LogP contribution in [0.25, 0.3) is 5.82 Å². The van der Waals surface area contributed by atoms with E-state index in [-0.39, 0.29) is 11.6 Å². The van der Waals surface area contributed by atoms with Gasteiger partial charge in [0.1, 0.15) is 6.33 Å². The van der Waals surface area contributed by atoms with Crippen LogP contribution in [-0.2, 0) is 12.8 Å². The number of nitrogens with zero attached hydrogens (tertiary/aromatic N) is 3. The lowest BCUT2D eigenvalue weighted by Gasteiger charge is -2.15. The number of rotatable bonds is 3. The topological polar surface area (TPSA) is 42.7 Å². The van der Waals surface area contributed by atoms with Crippen molar-refractivity contribution in [3.05, 3.63) is 35.4 Å². The van der Waals surface area contributed by atoms with E-state index < -0.39 is 11.6 Å². The smallest absolute Gasteiger partial charge is 0.176 e. The lowest BCUT2D eigenvalue weighted by Crippen LogP contribution is -2.12. The van der Waals surface area contributed by atoms with Gasteiger partial charge in [0.25, 0.3) is 0 Å². The normalized spacial score (nSPS) is 14.2. The molecule has 0 atom stereocenters. The number of halogens is 2. The number of aromatic nitrogens is 3. The van der Waals surface area contributed by atoms with Gasteiger partial charge in [-0.3, -0.25) is 4.57 Å². The molecule has 1 aliphatic rings. The second kappa shape index (κ2) is 5.19. The maximum Gasteiger partial charge on any atom is 0.176 e. The third-order valence-corrected chi connectivity index (χ3v) is 3.51. The molecule has 2 heterocycles. The molecule has 3 rings (SSSR count). The maximum atomic E-state index is 14.0. The fourth-order valence-corrected chi connectivity index (χ4v) is 2.57. The Hall–Kier alpha value is -1.98. The average molecular weight is 278 g/mol. The second-order valence-corrected chi connectivity index (χ2v) is 4.87. The third-order valence-electron chi connectivity index (χ3n) is 3.51. The number of anilines is 1. The number of fused-ring (bicyclic) bond motifs is 1. The van der Waals surface area contributed by atoms with Gasteiger partial charge < -0.3 is 5.32 Å². The number of hydrogen-bond acceptors (Lipinski definition) is 3. The van der Waals surface area contributed by atoms with Gasteiger partial charge in [-0.25, -0.2) is 18.7 Å². The van der Waals surface area contributed by atoms with Crippen LogP contribution in [0, 0.1) is 11.6 Å². The lowest BCUT2D eigenvalue weighted by molar-refractivity contribution is 0.564. The minimum atomic E-state index is -0.679. The Balaban J connectivity index is 2.09. The van der Waals surface area contributed by atoms with Crippen LogP contribution in [0.4, 0.5) is 14.6 Å². The molecule has 106 valence electrons. The summed E-state index contributed by atoms with van der Waals surface area (Å²) in [7, 11) is 0. The Morgan fingerprint density at radius 1 is 1.25 bits per heavy atom. The van der Waals surface area contributed by atoms with Gasteiger partial charge in [-0.05, 0) is 32.6 Å². The van der Waals surface area contributed by atoms with Crippen LogP contribution in [-0.4, -0.2) is 21.1 Å². The summed E-state index contributed by atoms with van der Waals surface area (Å²) in [4.78, 5) is 8.39. The van der Waals surface area contributed by atoms with Crippen LogP contribution in [0.15, 0.2) is 12.4 Å². The molecule has 0 fully saturated rings. The summed E-state index contributed by atoms with van der Waals surface area (Å²) in [5, 5.41) is 2.80. The zero-order valence-corrected chi connectivity index (χ0v) is 11.3. The molecule has 20 heavy (non-hydrogen) atoms. The fraction of sp³-hybridized carbons (Fsp3) is 0.429. The highest BCUT2D eigenvalue weighted by Gasteiger charge is 2.20. The van der Waals surface area contributed by atoms with Gasteiger partial charge in [-0.1, -0.05) is 0 Å². The van der Waals surface area contributed by atoms with Crippen LogP contribution in [0.2, 0.25) is 0 Å². The van der Waals surface area contributed by atoms with Crippen molar-refractivity contribution in [3.8, 4) is 5.82 Å². The van der Waals surface area contributed by atoms with E-state index in [1.165, 1.54) is 0 Å². The Labute approximate surface area is 115 Å². The number of hydrogen-bond donors (Lipinski definition) is 1. The molecule has 0 unspecified atom stereocenters. The summed E-state index contributed by atoms with van der Waals surface area (Å²) in [6, 6.07) is 0.871. The van der Waals surface area contributed by atoms with Crippen LogP contribution in [0.3, 0.4) is 0 Å². The highest BCUT2D eigenvalue weighted by atomic mass is 19.1. The first-order chi connectivity index (χ1) is 9.70. The molecule has 1 aliphatic carbocycles. The van der Waals surface area contributed by atoms with Gasteiger partial charge in [0.2, 0.25) is 0 Å². The molecule has 0 amide bonds. The molecule has 0 radical (unpaired) electrons. The van der Waals surface area contributed by atoms with E-state index in [0.29, 0.717) is 6.54 Å². The summed E-state index contributed by atoms with van der Waals surface area (Å²) in [6.07, 6.45) is 5.50. The van der Waals surface area contributed by atoms with E-state index in [2.05, 4.69) is 15.3 Å². The summed E-state index contributed by atoms with van der Waals surface area (Å²) in [6.45, 7) is 2.36. The predicted molar refractivity (Wildman–Crippen MR) is 72.1 cm³/mol. The van der Waals surface area contributed by atoms with Crippen molar-refractivity contribution in [1.82, 2.24) is 14.5 Å². The molecule has 0 saturated carbocycles. The Morgan fingerprint density at radius 3 is 2.85 bits per heavy atom. The van der Waals surface area contributed by atoms with Gasteiger partial charge in [0.05, 0.1) is 5.69 Å². The molecule has 1 N–H and O–H groups in total. The van der Waals surface area contributed by atoms with Crippen molar-refractivity contribution < 1.29 is 8.78 Å². The Bertz CT molecular complexity index is 636. The Morgan fingerprint density at radius 2 is 2.05 bits per heavy atom. The summed E-state index contributed by atoms with van der Waals surface area (Å²) in [5.41, 5.74) is 1.98. The van der Waals surface area contributed by atoms with E-state index in [1.54, 1.807) is 10.9 Å². The SMILES string of the molecule is CCNc1nc(-n2cnc3c2CCCC3)c(F)cc1F. The zero-order valence-electron chi connectivity index (χ0n) is 11.3. The summed E-state index contributed by atoms with van der Waals surface area (Å²) in [5.74, 6) is -1.17. The maximum absolute atomic E-state index is 14.0. The van der Waals surface area contributed by atoms with Crippen molar-refractivity contribution in [2.45, 2.75) is 32.6 Å². The fourth-order valence-electron chi connectivity index (χ4n) is 2.57. The molecule has 0 spiro atoms. The van der Waals surface area contributed by atoms with Crippen LogP contribution in [0.5, 0.6) is 0 Å². The minimum absolute atomic E-state index is 0.0714. The van der Waals surface area contributed by atoms with Gasteiger partial charge in [0, 0.05) is 18.3 Å². The highest BCUT2D eigenvalue weighted by Crippen LogP contribution is 2.25. The quantitative estimate of drug-likeness (QED) is 0.938. The van der Waals surface area contributed by atoms with Crippen LogP contribution in [0.1, 0.15) is 31.2 Å². The monoisotopic (exact) mass is 278 g/mol. The van der Waals surface area contributed by atoms with Crippen molar-refractivity contribution in [2.75, 3.05) is 11.9 Å². The van der Waals surface area contributed by atoms with E-state index >= 15 is 0 Å². The average Bonchev–Trinajstić information content (AvgIpc) is 2.86. The number of nitrogens with one attached hydrogen (secondary N) is 1. The number of imidazole rings is 1. The predicted octanol–water partition coefficient (Wildman–Crippen LogP) is 2.86. The van der Waals surface area contributed by atoms with Crippen LogP contribution < -0.4 is 5.32 Å². The molecule has 0 saturated heterocycles. The molecular formula is C14H16F2N4. The standard InChI is InChI=1S/C14H16F2N4/c1-2-17-13-9(15)7-10(16)14(19-13)20-8-18-11-5-3-4-6-12(11)20/h7-8H,2-6H2,1H3,(H,17,19). The minimum Gasteiger partial charge on any atom is -0.368 e. The van der Waals surface area contributed by atoms with Crippen LogP contribution >= 0.6 is 0 Å². The molecule has 4 nitrogen and oxygen atoms in total. The molecule has 0 bridgehead atoms. The highest BCUT2D eigenvalue weighted by molar-refractivity contribution is 5.43. The molecule has 2 aromatic rings. The summed E-state index contributed by atoms with van der Waals surface area (Å²) >= 11 is 0. The van der Waals surface area contributed by atoms with E-state index in [4.69, 9.17) is 0 Å². The van der Waals surface area contributed by atoms with Crippen molar-refractivity contribution in [2.24, 2.45) is 0 Å². The molecule has 2 aromatic heterocycles. The molecule has 0 aromatic carbocycles. The number of aryl methyl sites for hydroxylation is 1. The second-order valence-electron chi connectivity index (χ2n) is 4.87. The first-order valence-corrected chi connectivity index (χ1v) is 6.86. The van der Waals surface area contributed by atoms with Crippen molar-refractivity contribution in [3.63, 3.8) is 0 Å². The van der Waals surface area contributed by atoms with E-state index in [0.717, 1.165) is 43.1 Å². The molecular weight excluding hydrogens is 262 g/mol. The van der Waals surface area contributed by atoms with Gasteiger partial charge in [0.15, 0.2) is 23.3 Å². The van der Waals surface area contributed by atoms with Gasteiger partial charge in [-0.2, -0.15) is 0 Å².